The molecule has 0 atom stereocenters. The molecule has 1 aliphatic rings. The van der Waals surface area contributed by atoms with Crippen LogP contribution in [0.2, 0.25) is 5.02 Å². The molecule has 0 bridgehead atoms. The molecular formula is C18H19ClN2O4S. The highest BCUT2D eigenvalue weighted by atomic mass is 35.5. The quantitative estimate of drug-likeness (QED) is 0.737. The van der Waals surface area contributed by atoms with Gasteiger partial charge in [-0.3, -0.25) is 10.2 Å². The Hall–Kier alpha value is -2.09. The number of hydrogen-bond acceptors (Lipinski definition) is 4. The van der Waals surface area contributed by atoms with Gasteiger partial charge in [0.25, 0.3) is 15.9 Å². The van der Waals surface area contributed by atoms with E-state index in [0.29, 0.717) is 10.8 Å². The van der Waals surface area contributed by atoms with E-state index in [0.717, 1.165) is 31.2 Å². The molecule has 1 aliphatic carbocycles. The molecule has 2 aromatic carbocycles. The Morgan fingerprint density at radius 2 is 1.81 bits per heavy atom. The zero-order valence-corrected chi connectivity index (χ0v) is 15.6. The van der Waals surface area contributed by atoms with Crippen LogP contribution in [0.3, 0.4) is 0 Å². The van der Waals surface area contributed by atoms with Crippen LogP contribution in [0.25, 0.3) is 0 Å². The average molecular weight is 395 g/mol. The van der Waals surface area contributed by atoms with Crippen molar-refractivity contribution >= 4 is 27.5 Å². The third kappa shape index (κ3) is 4.55. The maximum atomic E-state index is 12.4. The first-order valence-corrected chi connectivity index (χ1v) is 10.1. The molecule has 0 saturated carbocycles. The van der Waals surface area contributed by atoms with Crippen LogP contribution in [-0.2, 0) is 27.7 Å². The molecule has 1 amide bonds. The number of nitrogens with one attached hydrogen (secondary N) is 2. The first kappa shape index (κ1) is 18.7. The van der Waals surface area contributed by atoms with Crippen molar-refractivity contribution < 1.29 is 17.9 Å². The van der Waals surface area contributed by atoms with Gasteiger partial charge in [-0.2, -0.15) is 0 Å². The Labute approximate surface area is 157 Å². The summed E-state index contributed by atoms with van der Waals surface area (Å²) in [6.07, 6.45) is 4.02. The summed E-state index contributed by atoms with van der Waals surface area (Å²) in [5.74, 6) is -0.284. The van der Waals surface area contributed by atoms with Gasteiger partial charge in [0.2, 0.25) is 0 Å². The summed E-state index contributed by atoms with van der Waals surface area (Å²) in [6.45, 7) is -0.365. The Bertz CT molecular complexity index is 915. The number of aryl methyl sites for hydroxylation is 2. The largest absolute Gasteiger partial charge is 0.482 e. The van der Waals surface area contributed by atoms with Crippen molar-refractivity contribution in [1.82, 2.24) is 10.3 Å². The van der Waals surface area contributed by atoms with Crippen LogP contribution in [0.1, 0.15) is 24.0 Å². The van der Waals surface area contributed by atoms with Crippen molar-refractivity contribution in [3.63, 3.8) is 0 Å². The Morgan fingerprint density at radius 1 is 1.08 bits per heavy atom. The Balaban J connectivity index is 1.58. The van der Waals surface area contributed by atoms with E-state index in [1.807, 2.05) is 6.07 Å². The summed E-state index contributed by atoms with van der Waals surface area (Å²) >= 11 is 5.93. The number of amides is 1. The number of halogens is 1. The zero-order chi connectivity index (χ0) is 18.6. The predicted octanol–water partition coefficient (Wildman–Crippen LogP) is 2.61. The fourth-order valence-corrected chi connectivity index (χ4v) is 3.90. The van der Waals surface area contributed by atoms with Crippen LogP contribution >= 0.6 is 11.6 Å². The summed E-state index contributed by atoms with van der Waals surface area (Å²) in [7, 11) is -3.84. The molecule has 0 unspecified atom stereocenters. The second kappa shape index (κ2) is 8.07. The number of hydrazine groups is 1. The highest BCUT2D eigenvalue weighted by Gasteiger charge is 2.18. The molecule has 0 saturated heterocycles. The molecular weight excluding hydrogens is 376 g/mol. The summed E-state index contributed by atoms with van der Waals surface area (Å²) in [6, 6.07) is 11.8. The molecule has 26 heavy (non-hydrogen) atoms. The minimum atomic E-state index is -3.84. The second-order valence-corrected chi connectivity index (χ2v) is 8.10. The first-order chi connectivity index (χ1) is 12.5. The van der Waals surface area contributed by atoms with E-state index in [-0.39, 0.29) is 11.5 Å². The van der Waals surface area contributed by atoms with Gasteiger partial charge >= 0.3 is 0 Å². The molecule has 0 aliphatic heterocycles. The molecule has 138 valence electrons. The number of rotatable bonds is 6. The van der Waals surface area contributed by atoms with Crippen LogP contribution in [-0.4, -0.2) is 20.9 Å². The third-order valence-electron chi connectivity index (χ3n) is 4.15. The number of fused-ring (bicyclic) bond motifs is 1. The number of ether oxygens (including phenoxy) is 1. The van der Waals surface area contributed by atoms with E-state index in [9.17, 15) is 13.2 Å². The zero-order valence-electron chi connectivity index (χ0n) is 14.0. The fraction of sp³-hybridized carbons (Fsp3) is 0.278. The van der Waals surface area contributed by atoms with Crippen molar-refractivity contribution in [2.45, 2.75) is 30.6 Å². The SMILES string of the molecule is O=C(COc1ccccc1Cl)NNS(=O)(=O)c1ccc2c(c1)CCCC2. The third-order valence-corrected chi connectivity index (χ3v) is 5.71. The summed E-state index contributed by atoms with van der Waals surface area (Å²) < 4.78 is 30.0. The van der Waals surface area contributed by atoms with Crippen LogP contribution in [0.5, 0.6) is 5.75 Å². The minimum absolute atomic E-state index is 0.130. The van der Waals surface area contributed by atoms with Crippen LogP contribution in [0, 0.1) is 0 Å². The highest BCUT2D eigenvalue weighted by molar-refractivity contribution is 7.89. The van der Waals surface area contributed by atoms with Crippen molar-refractivity contribution in [3.8, 4) is 5.75 Å². The van der Waals surface area contributed by atoms with Gasteiger partial charge in [-0.1, -0.05) is 29.8 Å². The molecule has 2 aromatic rings. The number of carbonyl (C=O) groups is 1. The topological polar surface area (TPSA) is 84.5 Å². The van der Waals surface area contributed by atoms with Gasteiger partial charge in [0.15, 0.2) is 6.61 Å². The van der Waals surface area contributed by atoms with E-state index in [1.165, 1.54) is 5.56 Å². The molecule has 0 heterocycles. The number of carbonyl (C=O) groups excluding carboxylic acids is 1. The van der Waals surface area contributed by atoms with Crippen molar-refractivity contribution in [1.29, 1.82) is 0 Å². The van der Waals surface area contributed by atoms with Crippen LogP contribution in [0.4, 0.5) is 0 Å². The number of benzene rings is 2. The number of hydrogen-bond donors (Lipinski definition) is 2. The van der Waals surface area contributed by atoms with E-state index < -0.39 is 15.9 Å². The highest BCUT2D eigenvalue weighted by Crippen LogP contribution is 2.24. The van der Waals surface area contributed by atoms with Crippen molar-refractivity contribution in [2.24, 2.45) is 0 Å². The van der Waals surface area contributed by atoms with Crippen molar-refractivity contribution in [2.75, 3.05) is 6.61 Å². The molecule has 0 radical (unpaired) electrons. The fourth-order valence-electron chi connectivity index (χ4n) is 2.80. The lowest BCUT2D eigenvalue weighted by Crippen LogP contribution is -2.43. The molecule has 8 heteroatoms. The van der Waals surface area contributed by atoms with E-state index in [2.05, 4.69) is 10.3 Å². The maximum Gasteiger partial charge on any atom is 0.272 e. The van der Waals surface area contributed by atoms with Crippen molar-refractivity contribution in [3.05, 3.63) is 58.6 Å². The molecule has 6 nitrogen and oxygen atoms in total. The average Bonchev–Trinajstić information content (AvgIpc) is 2.65. The maximum absolute atomic E-state index is 12.4. The van der Waals surface area contributed by atoms with E-state index >= 15 is 0 Å². The predicted molar refractivity (Wildman–Crippen MR) is 98.5 cm³/mol. The van der Waals surface area contributed by atoms with Gasteiger partial charge in [0, 0.05) is 0 Å². The first-order valence-electron chi connectivity index (χ1n) is 8.25. The lowest BCUT2D eigenvalue weighted by Gasteiger charge is -2.17. The van der Waals surface area contributed by atoms with Crippen LogP contribution < -0.4 is 15.0 Å². The summed E-state index contributed by atoms with van der Waals surface area (Å²) in [4.78, 5) is 14.1. The van der Waals surface area contributed by atoms with Crippen LogP contribution in [0.15, 0.2) is 47.4 Å². The summed E-state index contributed by atoms with van der Waals surface area (Å²) in [5, 5.41) is 0.370. The lowest BCUT2D eigenvalue weighted by molar-refractivity contribution is -0.123. The molecule has 0 spiro atoms. The molecule has 0 aromatic heterocycles. The monoisotopic (exact) mass is 394 g/mol. The molecule has 2 N–H and O–H groups in total. The van der Waals surface area contributed by atoms with Gasteiger partial charge < -0.3 is 4.74 Å². The lowest BCUT2D eigenvalue weighted by atomic mass is 9.92. The Morgan fingerprint density at radius 3 is 2.58 bits per heavy atom. The number of para-hydroxylation sites is 1. The second-order valence-electron chi connectivity index (χ2n) is 6.01. The van der Waals surface area contributed by atoms with Gasteiger partial charge in [-0.05, 0) is 61.1 Å². The normalized spacial score (nSPS) is 13.7. The van der Waals surface area contributed by atoms with E-state index in [1.54, 1.807) is 36.4 Å². The van der Waals surface area contributed by atoms with Gasteiger partial charge in [0.05, 0.1) is 9.92 Å². The standard InChI is InChI=1S/C18H19ClN2O4S/c19-16-7-3-4-8-17(16)25-12-18(22)20-21-26(23,24)15-10-9-13-5-1-2-6-14(13)11-15/h3-4,7-11,21H,1-2,5-6,12H2,(H,20,22). The minimum Gasteiger partial charge on any atom is -0.482 e. The van der Waals surface area contributed by atoms with Gasteiger partial charge in [-0.15, -0.1) is 4.83 Å². The Kier molecular flexibility index (Phi) is 5.80. The number of sulfonamides is 1. The molecule has 3 rings (SSSR count). The molecule has 0 fully saturated rings. The van der Waals surface area contributed by atoms with Gasteiger partial charge in [-0.25, -0.2) is 8.42 Å². The summed E-state index contributed by atoms with van der Waals surface area (Å²) in [5.41, 5.74) is 4.38. The van der Waals surface area contributed by atoms with E-state index in [4.69, 9.17) is 16.3 Å². The smallest absolute Gasteiger partial charge is 0.272 e. The van der Waals surface area contributed by atoms with Gasteiger partial charge in [0.1, 0.15) is 5.75 Å².